The smallest absolute Gasteiger partial charge is 0.291 e. The van der Waals surface area contributed by atoms with Crippen LogP contribution in [0.5, 0.6) is 0 Å². The number of pyridine rings is 1. The van der Waals surface area contributed by atoms with Gasteiger partial charge >= 0.3 is 0 Å². The molecule has 0 atom stereocenters. The summed E-state index contributed by atoms with van der Waals surface area (Å²) < 4.78 is 15.0. The lowest BCUT2D eigenvalue weighted by Crippen LogP contribution is -2.60. The molecule has 0 unspecified atom stereocenters. The van der Waals surface area contributed by atoms with E-state index in [-0.39, 0.29) is 5.92 Å². The van der Waals surface area contributed by atoms with Gasteiger partial charge in [-0.25, -0.2) is 14.4 Å². The van der Waals surface area contributed by atoms with Crippen molar-refractivity contribution in [3.8, 4) is 0 Å². The fourth-order valence-electron chi connectivity index (χ4n) is 3.89. The Morgan fingerprint density at radius 1 is 1.21 bits per heavy atom. The summed E-state index contributed by atoms with van der Waals surface area (Å²) in [7, 11) is 0. The lowest BCUT2D eigenvalue weighted by molar-refractivity contribution is -0.133. The number of aromatic nitrogens is 2. The standard InChI is InChI=1S/C24H24FN5O2S2/c1-14-11-26-23(33-14)29-20-9-18(30-12-24(25,13-30)16-3-4-16)10-21(28-20)34-19-7-5-17(6-8-19)27-22(32)15(2)31/h5-11,16H,3-4,12-13H2,1-2H3,(H,27,32)(H,26,28,29). The molecule has 5 rings (SSSR count). The fraction of sp³-hybridized carbons (Fsp3) is 0.333. The Morgan fingerprint density at radius 3 is 2.56 bits per heavy atom. The van der Waals surface area contributed by atoms with Gasteiger partial charge in [0.25, 0.3) is 5.91 Å². The Labute approximate surface area is 205 Å². The topological polar surface area (TPSA) is 87.2 Å². The number of anilines is 4. The second-order valence-corrected chi connectivity index (χ2v) is 11.1. The third kappa shape index (κ3) is 5.07. The maximum Gasteiger partial charge on any atom is 0.291 e. The number of carbonyl (C=O) groups excluding carboxylic acids is 2. The number of Topliss-reactive ketones (excluding diaryl/α,β-unsaturated/α-hetero) is 1. The summed E-state index contributed by atoms with van der Waals surface area (Å²) in [5.74, 6) is -0.327. The number of benzene rings is 1. The summed E-state index contributed by atoms with van der Waals surface area (Å²) in [6.45, 7) is 4.04. The van der Waals surface area contributed by atoms with E-state index in [2.05, 4.69) is 20.5 Å². The Morgan fingerprint density at radius 2 is 1.94 bits per heavy atom. The average molecular weight is 498 g/mol. The van der Waals surface area contributed by atoms with Gasteiger partial charge in [0.1, 0.15) is 16.5 Å². The Hall–Kier alpha value is -2.98. The molecule has 1 saturated heterocycles. The van der Waals surface area contributed by atoms with Crippen LogP contribution in [-0.4, -0.2) is 40.4 Å². The van der Waals surface area contributed by atoms with Gasteiger partial charge in [-0.15, -0.1) is 11.3 Å². The number of thiazole rings is 1. The summed E-state index contributed by atoms with van der Waals surface area (Å²) in [4.78, 5) is 35.9. The minimum Gasteiger partial charge on any atom is -0.365 e. The van der Waals surface area contributed by atoms with E-state index in [1.807, 2.05) is 37.4 Å². The normalized spacial score (nSPS) is 16.6. The Kier molecular flexibility index (Phi) is 6.03. The molecule has 176 valence electrons. The Bertz CT molecular complexity index is 1240. The highest BCUT2D eigenvalue weighted by Crippen LogP contribution is 2.48. The van der Waals surface area contributed by atoms with Gasteiger partial charge in [-0.3, -0.25) is 9.59 Å². The van der Waals surface area contributed by atoms with E-state index in [1.54, 1.807) is 23.5 Å². The molecule has 34 heavy (non-hydrogen) atoms. The van der Waals surface area contributed by atoms with Crippen LogP contribution < -0.4 is 15.5 Å². The maximum atomic E-state index is 15.0. The van der Waals surface area contributed by atoms with Crippen LogP contribution in [0.2, 0.25) is 0 Å². The van der Waals surface area contributed by atoms with E-state index < -0.39 is 17.4 Å². The van der Waals surface area contributed by atoms with Crippen LogP contribution in [0.3, 0.4) is 0 Å². The number of alkyl halides is 1. The van der Waals surface area contributed by atoms with Gasteiger partial charge in [-0.2, -0.15) is 0 Å². The third-order valence-corrected chi connectivity index (χ3v) is 7.63. The van der Waals surface area contributed by atoms with E-state index in [1.165, 1.54) is 18.7 Å². The number of ketones is 1. The van der Waals surface area contributed by atoms with Crippen molar-refractivity contribution in [2.75, 3.05) is 28.6 Å². The van der Waals surface area contributed by atoms with Crippen molar-refractivity contribution in [3.63, 3.8) is 0 Å². The van der Waals surface area contributed by atoms with Crippen molar-refractivity contribution in [2.24, 2.45) is 5.92 Å². The van der Waals surface area contributed by atoms with Gasteiger partial charge in [0.2, 0.25) is 5.78 Å². The molecule has 2 N–H and O–H groups in total. The first-order chi connectivity index (χ1) is 16.3. The van der Waals surface area contributed by atoms with Crippen molar-refractivity contribution >= 4 is 57.1 Å². The van der Waals surface area contributed by atoms with Crippen LogP contribution in [0.1, 0.15) is 24.6 Å². The molecule has 1 amide bonds. The minimum absolute atomic E-state index is 0.206. The van der Waals surface area contributed by atoms with Gasteiger partial charge in [-0.1, -0.05) is 11.8 Å². The molecule has 1 saturated carbocycles. The maximum absolute atomic E-state index is 15.0. The molecule has 3 aromatic rings. The molecule has 1 aromatic carbocycles. The summed E-state index contributed by atoms with van der Waals surface area (Å²) in [6.07, 6.45) is 3.78. The monoisotopic (exact) mass is 497 g/mol. The molecule has 0 bridgehead atoms. The van der Waals surface area contributed by atoms with E-state index in [0.29, 0.717) is 24.6 Å². The molecule has 10 heteroatoms. The molecule has 1 aliphatic carbocycles. The number of nitrogens with zero attached hydrogens (tertiary/aromatic N) is 3. The van der Waals surface area contributed by atoms with Crippen LogP contribution >= 0.6 is 23.1 Å². The summed E-state index contributed by atoms with van der Waals surface area (Å²) >= 11 is 3.01. The first kappa shape index (κ1) is 22.8. The number of rotatable bonds is 8. The predicted octanol–water partition coefficient (Wildman–Crippen LogP) is 5.21. The van der Waals surface area contributed by atoms with E-state index in [9.17, 15) is 14.0 Å². The fourth-order valence-corrected chi connectivity index (χ4v) is 5.40. The summed E-state index contributed by atoms with van der Waals surface area (Å²) in [6, 6.07) is 11.1. The SMILES string of the molecule is CC(=O)C(=O)Nc1ccc(Sc2cc(N3CC(F)(C4CC4)C3)cc(Nc3ncc(C)s3)n2)cc1. The zero-order chi connectivity index (χ0) is 23.9. The van der Waals surface area contributed by atoms with Gasteiger partial charge in [0.15, 0.2) is 5.13 Å². The van der Waals surface area contributed by atoms with Gasteiger partial charge in [0, 0.05) is 40.3 Å². The van der Waals surface area contributed by atoms with Crippen molar-refractivity contribution in [1.29, 1.82) is 0 Å². The number of hydrogen-bond acceptors (Lipinski definition) is 8. The molecule has 7 nitrogen and oxygen atoms in total. The number of halogens is 1. The van der Waals surface area contributed by atoms with E-state index in [0.717, 1.165) is 38.5 Å². The van der Waals surface area contributed by atoms with E-state index in [4.69, 9.17) is 4.98 Å². The average Bonchev–Trinajstić information content (AvgIpc) is 3.55. The molecule has 2 fully saturated rings. The van der Waals surface area contributed by atoms with Crippen LogP contribution in [0.25, 0.3) is 0 Å². The lowest BCUT2D eigenvalue weighted by Gasteiger charge is -2.46. The van der Waals surface area contributed by atoms with Crippen LogP contribution in [0.15, 0.2) is 52.5 Å². The minimum atomic E-state index is -1.07. The largest absolute Gasteiger partial charge is 0.365 e. The number of aryl methyl sites for hydroxylation is 1. The lowest BCUT2D eigenvalue weighted by atomic mass is 9.90. The number of amides is 1. The van der Waals surface area contributed by atoms with Gasteiger partial charge in [-0.05, 0) is 56.0 Å². The molecule has 3 heterocycles. The molecule has 1 aliphatic heterocycles. The quantitative estimate of drug-likeness (QED) is 0.413. The van der Waals surface area contributed by atoms with Crippen LogP contribution in [-0.2, 0) is 9.59 Å². The second kappa shape index (κ2) is 8.99. The highest BCUT2D eigenvalue weighted by molar-refractivity contribution is 7.99. The number of nitrogens with one attached hydrogen (secondary N) is 2. The first-order valence-electron chi connectivity index (χ1n) is 11.0. The molecular formula is C24H24FN5O2S2. The third-order valence-electron chi connectivity index (χ3n) is 5.88. The number of hydrogen-bond donors (Lipinski definition) is 2. The van der Waals surface area contributed by atoms with Crippen molar-refractivity contribution in [1.82, 2.24) is 9.97 Å². The van der Waals surface area contributed by atoms with Gasteiger partial charge in [0.05, 0.1) is 13.1 Å². The van der Waals surface area contributed by atoms with Gasteiger partial charge < -0.3 is 15.5 Å². The van der Waals surface area contributed by atoms with Crippen molar-refractivity contribution in [2.45, 2.75) is 42.3 Å². The van der Waals surface area contributed by atoms with Crippen LogP contribution in [0.4, 0.5) is 26.7 Å². The zero-order valence-corrected chi connectivity index (χ0v) is 20.4. The van der Waals surface area contributed by atoms with Crippen molar-refractivity contribution < 1.29 is 14.0 Å². The molecule has 0 spiro atoms. The van der Waals surface area contributed by atoms with Crippen LogP contribution in [0, 0.1) is 12.8 Å². The molecule has 0 radical (unpaired) electrons. The predicted molar refractivity (Wildman–Crippen MR) is 133 cm³/mol. The summed E-state index contributed by atoms with van der Waals surface area (Å²) in [5.41, 5.74) is 0.400. The summed E-state index contributed by atoms with van der Waals surface area (Å²) in [5, 5.41) is 7.35. The number of carbonyl (C=O) groups is 2. The molecular weight excluding hydrogens is 473 g/mol. The highest BCUT2D eigenvalue weighted by Gasteiger charge is 2.54. The molecule has 2 aromatic heterocycles. The zero-order valence-electron chi connectivity index (χ0n) is 18.8. The highest BCUT2D eigenvalue weighted by atomic mass is 32.2. The van der Waals surface area contributed by atoms with Crippen molar-refractivity contribution in [3.05, 3.63) is 47.5 Å². The second-order valence-electron chi connectivity index (χ2n) is 8.75. The molecule has 2 aliphatic rings. The Balaban J connectivity index is 1.35. The first-order valence-corrected chi connectivity index (χ1v) is 12.7. The van der Waals surface area contributed by atoms with E-state index >= 15 is 0 Å².